The first-order valence-corrected chi connectivity index (χ1v) is 9.79. The van der Waals surface area contributed by atoms with E-state index in [0.717, 1.165) is 37.1 Å². The lowest BCUT2D eigenvalue weighted by Crippen LogP contribution is -2.26. The van der Waals surface area contributed by atoms with E-state index in [9.17, 15) is 21.6 Å². The Kier molecular flexibility index (Phi) is 5.64. The van der Waals surface area contributed by atoms with Crippen LogP contribution in [-0.2, 0) is 23.1 Å². The monoisotopic (exact) mass is 384 g/mol. The molecule has 0 radical (unpaired) electrons. The summed E-state index contributed by atoms with van der Waals surface area (Å²) in [5.74, 6) is -4.96. The van der Waals surface area contributed by atoms with E-state index in [2.05, 4.69) is 9.62 Å². The zero-order chi connectivity index (χ0) is 18.7. The predicted molar refractivity (Wildman–Crippen MR) is 91.3 cm³/mol. The van der Waals surface area contributed by atoms with Crippen LogP contribution < -0.4 is 4.72 Å². The van der Waals surface area contributed by atoms with Gasteiger partial charge in [0.15, 0.2) is 17.5 Å². The fraction of sp³-hybridized carbons (Fsp3) is 0.333. The highest BCUT2D eigenvalue weighted by Crippen LogP contribution is 2.21. The van der Waals surface area contributed by atoms with Crippen molar-refractivity contribution in [3.63, 3.8) is 0 Å². The molecule has 1 heterocycles. The Bertz CT molecular complexity index is 897. The molecule has 1 fully saturated rings. The number of benzene rings is 2. The first kappa shape index (κ1) is 18.9. The lowest BCUT2D eigenvalue weighted by molar-refractivity contribution is 0.330. The van der Waals surface area contributed by atoms with Gasteiger partial charge in [0, 0.05) is 13.1 Å². The minimum Gasteiger partial charge on any atom is -0.299 e. The number of hydrogen-bond acceptors (Lipinski definition) is 3. The number of likely N-dealkylation sites (tertiary alicyclic amines) is 1. The summed E-state index contributed by atoms with van der Waals surface area (Å²) in [4.78, 5) is 1.37. The summed E-state index contributed by atoms with van der Waals surface area (Å²) < 4.78 is 67.0. The minimum atomic E-state index is -4.32. The third-order valence-corrected chi connectivity index (χ3v) is 5.87. The summed E-state index contributed by atoms with van der Waals surface area (Å²) in [5.41, 5.74) is 1.73. The molecule has 140 valence electrons. The van der Waals surface area contributed by atoms with Gasteiger partial charge in [-0.2, -0.15) is 0 Å². The van der Waals surface area contributed by atoms with Gasteiger partial charge in [-0.15, -0.1) is 0 Å². The van der Waals surface area contributed by atoms with Crippen LogP contribution in [0.5, 0.6) is 0 Å². The maximum Gasteiger partial charge on any atom is 0.243 e. The Morgan fingerprint density at radius 2 is 1.58 bits per heavy atom. The molecular formula is C18H19F3N2O2S. The van der Waals surface area contributed by atoms with Crippen molar-refractivity contribution in [2.75, 3.05) is 13.1 Å². The van der Waals surface area contributed by atoms with Gasteiger partial charge in [-0.25, -0.2) is 26.3 Å². The maximum absolute atomic E-state index is 13.8. The summed E-state index contributed by atoms with van der Waals surface area (Å²) in [5, 5.41) is 0. The van der Waals surface area contributed by atoms with Gasteiger partial charge in [-0.3, -0.25) is 4.90 Å². The van der Waals surface area contributed by atoms with Gasteiger partial charge in [0.2, 0.25) is 10.0 Å². The number of nitrogens with zero attached hydrogens (tertiary/aromatic N) is 1. The third kappa shape index (κ3) is 4.08. The second kappa shape index (κ2) is 7.77. The number of hydrogen-bond donors (Lipinski definition) is 1. The van der Waals surface area contributed by atoms with Gasteiger partial charge >= 0.3 is 0 Å². The smallest absolute Gasteiger partial charge is 0.243 e. The number of nitrogens with one attached hydrogen (secondary N) is 1. The molecule has 0 bridgehead atoms. The van der Waals surface area contributed by atoms with Gasteiger partial charge in [-0.1, -0.05) is 24.3 Å². The maximum atomic E-state index is 13.8. The van der Waals surface area contributed by atoms with Crippen molar-refractivity contribution in [1.29, 1.82) is 0 Å². The van der Waals surface area contributed by atoms with E-state index in [1.54, 1.807) is 12.1 Å². The molecule has 1 N–H and O–H groups in total. The number of halogens is 3. The first-order valence-electron chi connectivity index (χ1n) is 8.31. The molecule has 0 unspecified atom stereocenters. The predicted octanol–water partition coefficient (Wildman–Crippen LogP) is 3.18. The SMILES string of the molecule is O=S(=O)(NCc1ccccc1CN1CCCC1)c1ccc(F)c(F)c1F. The molecule has 0 aliphatic carbocycles. The lowest BCUT2D eigenvalue weighted by atomic mass is 10.1. The van der Waals surface area contributed by atoms with Crippen LogP contribution in [-0.4, -0.2) is 26.4 Å². The lowest BCUT2D eigenvalue weighted by Gasteiger charge is -2.18. The van der Waals surface area contributed by atoms with Gasteiger partial charge in [0.05, 0.1) is 0 Å². The fourth-order valence-corrected chi connectivity index (χ4v) is 4.11. The van der Waals surface area contributed by atoms with Crippen LogP contribution in [0.2, 0.25) is 0 Å². The largest absolute Gasteiger partial charge is 0.299 e. The Labute approximate surface area is 150 Å². The normalized spacial score (nSPS) is 15.5. The standard InChI is InChI=1S/C18H19F3N2O2S/c19-15-7-8-16(18(21)17(15)20)26(24,25)22-11-13-5-1-2-6-14(13)12-23-9-3-4-10-23/h1-2,5-8,22H,3-4,9-12H2. The molecule has 1 aliphatic heterocycles. The van der Waals surface area contributed by atoms with Crippen molar-refractivity contribution in [2.45, 2.75) is 30.8 Å². The number of rotatable bonds is 6. The van der Waals surface area contributed by atoms with E-state index in [1.165, 1.54) is 0 Å². The van der Waals surface area contributed by atoms with Crippen LogP contribution in [0.3, 0.4) is 0 Å². The topological polar surface area (TPSA) is 49.4 Å². The summed E-state index contributed by atoms with van der Waals surface area (Å²) in [6.45, 7) is 2.64. The van der Waals surface area contributed by atoms with Crippen LogP contribution in [0.25, 0.3) is 0 Å². The molecule has 0 spiro atoms. The Morgan fingerprint density at radius 1 is 0.923 bits per heavy atom. The Morgan fingerprint density at radius 3 is 2.27 bits per heavy atom. The first-order chi connectivity index (χ1) is 12.4. The highest BCUT2D eigenvalue weighted by atomic mass is 32.2. The summed E-state index contributed by atoms with van der Waals surface area (Å²) in [6, 6.07) is 8.67. The Hall–Kier alpha value is -1.90. The van der Waals surface area contributed by atoms with E-state index in [1.807, 2.05) is 12.1 Å². The summed E-state index contributed by atoms with van der Waals surface area (Å²) in [7, 11) is -4.32. The van der Waals surface area contributed by atoms with Crippen molar-refractivity contribution in [1.82, 2.24) is 9.62 Å². The number of sulfonamides is 1. The van der Waals surface area contributed by atoms with E-state index in [-0.39, 0.29) is 6.54 Å². The second-order valence-corrected chi connectivity index (χ2v) is 7.99. The van der Waals surface area contributed by atoms with Crippen molar-refractivity contribution in [3.05, 3.63) is 65.0 Å². The van der Waals surface area contributed by atoms with E-state index >= 15 is 0 Å². The fourth-order valence-electron chi connectivity index (χ4n) is 3.03. The van der Waals surface area contributed by atoms with Crippen molar-refractivity contribution in [2.24, 2.45) is 0 Å². The van der Waals surface area contributed by atoms with Crippen LogP contribution in [0.1, 0.15) is 24.0 Å². The van der Waals surface area contributed by atoms with Crippen LogP contribution in [0, 0.1) is 17.5 Å². The zero-order valence-electron chi connectivity index (χ0n) is 14.0. The van der Waals surface area contributed by atoms with Gasteiger partial charge in [-0.05, 0) is 49.2 Å². The van der Waals surface area contributed by atoms with Crippen molar-refractivity contribution < 1.29 is 21.6 Å². The average Bonchev–Trinajstić information content (AvgIpc) is 3.12. The van der Waals surface area contributed by atoms with Gasteiger partial charge < -0.3 is 0 Å². The molecule has 0 aromatic heterocycles. The summed E-state index contributed by atoms with van der Waals surface area (Å²) in [6.07, 6.45) is 2.29. The molecule has 0 amide bonds. The highest BCUT2D eigenvalue weighted by Gasteiger charge is 2.24. The van der Waals surface area contributed by atoms with Crippen LogP contribution in [0.4, 0.5) is 13.2 Å². The van der Waals surface area contributed by atoms with Crippen molar-refractivity contribution >= 4 is 10.0 Å². The molecule has 2 aromatic carbocycles. The quantitative estimate of drug-likeness (QED) is 0.779. The van der Waals surface area contributed by atoms with Crippen LogP contribution in [0.15, 0.2) is 41.3 Å². The third-order valence-electron chi connectivity index (χ3n) is 4.45. The van der Waals surface area contributed by atoms with E-state index < -0.39 is 32.4 Å². The van der Waals surface area contributed by atoms with E-state index in [0.29, 0.717) is 18.7 Å². The van der Waals surface area contributed by atoms with Gasteiger partial charge in [0.25, 0.3) is 0 Å². The molecule has 4 nitrogen and oxygen atoms in total. The molecule has 8 heteroatoms. The summed E-state index contributed by atoms with van der Waals surface area (Å²) >= 11 is 0. The van der Waals surface area contributed by atoms with E-state index in [4.69, 9.17) is 0 Å². The highest BCUT2D eigenvalue weighted by molar-refractivity contribution is 7.89. The zero-order valence-corrected chi connectivity index (χ0v) is 14.8. The molecule has 3 rings (SSSR count). The molecular weight excluding hydrogens is 365 g/mol. The molecule has 2 aromatic rings. The minimum absolute atomic E-state index is 0.0647. The van der Waals surface area contributed by atoms with Crippen molar-refractivity contribution in [3.8, 4) is 0 Å². The molecule has 1 saturated heterocycles. The molecule has 0 atom stereocenters. The molecule has 1 aliphatic rings. The molecule has 26 heavy (non-hydrogen) atoms. The average molecular weight is 384 g/mol. The van der Waals surface area contributed by atoms with Gasteiger partial charge in [0.1, 0.15) is 4.90 Å². The molecule has 0 saturated carbocycles. The Balaban J connectivity index is 1.77. The second-order valence-electron chi connectivity index (χ2n) is 6.25. The van der Waals surface area contributed by atoms with Crippen LogP contribution >= 0.6 is 0 Å².